The molecular weight excluding hydrogens is 411 g/mol. The van der Waals surface area contributed by atoms with Gasteiger partial charge in [0.25, 0.3) is 0 Å². The summed E-state index contributed by atoms with van der Waals surface area (Å²) in [6.07, 6.45) is 1.67. The molecule has 29 heavy (non-hydrogen) atoms. The Kier molecular flexibility index (Phi) is 5.41. The number of halogens is 2. The van der Waals surface area contributed by atoms with Crippen molar-refractivity contribution in [1.82, 2.24) is 0 Å². The van der Waals surface area contributed by atoms with Gasteiger partial charge in [0.05, 0.1) is 11.6 Å². The van der Waals surface area contributed by atoms with Crippen LogP contribution in [0.15, 0.2) is 57.7 Å². The second-order valence-corrected chi connectivity index (χ2v) is 7.53. The van der Waals surface area contributed by atoms with Crippen LogP contribution in [0.2, 0.25) is 10.0 Å². The number of aldehydes is 1. The number of aryl methyl sites for hydroxylation is 1. The average molecular weight is 427 g/mol. The Morgan fingerprint density at radius 2 is 1.76 bits per heavy atom. The lowest BCUT2D eigenvalue weighted by atomic mass is 9.90. The lowest BCUT2D eigenvalue weighted by Gasteiger charge is -2.18. The zero-order valence-corrected chi connectivity index (χ0v) is 16.8. The number of rotatable bonds is 5. The van der Waals surface area contributed by atoms with E-state index >= 15 is 0 Å². The van der Waals surface area contributed by atoms with Crippen LogP contribution in [0.1, 0.15) is 17.5 Å². The minimum Gasteiger partial charge on any atom is -0.456 e. The van der Waals surface area contributed by atoms with Crippen LogP contribution < -0.4 is 5.43 Å². The molecule has 0 radical (unpaired) electrons. The van der Waals surface area contributed by atoms with Gasteiger partial charge in [0.2, 0.25) is 5.43 Å². The van der Waals surface area contributed by atoms with E-state index < -0.39 is 0 Å². The van der Waals surface area contributed by atoms with Gasteiger partial charge in [-0.2, -0.15) is 0 Å². The summed E-state index contributed by atoms with van der Waals surface area (Å²) in [5.41, 5.74) is 3.94. The molecule has 2 aliphatic rings. The van der Waals surface area contributed by atoms with Gasteiger partial charge in [-0.1, -0.05) is 47.5 Å². The average Bonchev–Trinajstić information content (AvgIpc) is 2.72. The maximum absolute atomic E-state index is 12.1. The van der Waals surface area contributed by atoms with Crippen molar-refractivity contribution in [3.8, 4) is 22.5 Å². The Morgan fingerprint density at radius 1 is 0.966 bits per heavy atom. The van der Waals surface area contributed by atoms with Crippen molar-refractivity contribution in [2.75, 3.05) is 0 Å². The first-order valence-corrected chi connectivity index (χ1v) is 9.80. The van der Waals surface area contributed by atoms with Crippen molar-refractivity contribution in [3.05, 3.63) is 79.9 Å². The Balaban J connectivity index is 2.14. The van der Waals surface area contributed by atoms with E-state index in [1.807, 2.05) is 24.3 Å². The first kappa shape index (κ1) is 19.6. The molecule has 4 nitrogen and oxygen atoms in total. The number of hydrogen-bond donors (Lipinski definition) is 1. The van der Waals surface area contributed by atoms with Crippen LogP contribution in [-0.4, -0.2) is 11.4 Å². The summed E-state index contributed by atoms with van der Waals surface area (Å²) < 4.78 is 6.03. The molecule has 0 fully saturated rings. The molecule has 0 atom stereocenters. The van der Waals surface area contributed by atoms with E-state index in [1.54, 1.807) is 18.2 Å². The number of hydrogen-bond acceptors (Lipinski definition) is 4. The molecule has 0 bridgehead atoms. The molecule has 0 aromatic heterocycles. The van der Waals surface area contributed by atoms with Crippen LogP contribution in [0.4, 0.5) is 0 Å². The molecule has 0 spiro atoms. The summed E-state index contributed by atoms with van der Waals surface area (Å²) in [6.45, 7) is -0.149. The van der Waals surface area contributed by atoms with E-state index in [1.165, 1.54) is 6.07 Å². The van der Waals surface area contributed by atoms with Gasteiger partial charge in [-0.3, -0.25) is 4.79 Å². The second-order valence-electron chi connectivity index (χ2n) is 6.72. The van der Waals surface area contributed by atoms with Crippen molar-refractivity contribution < 1.29 is 14.3 Å². The Morgan fingerprint density at radius 3 is 2.52 bits per heavy atom. The SMILES string of the molecule is O=CCCc1cc2oc3cc(=O)c(Cl)cc-3c(-c3ccccc3CO)c2cc1Cl. The van der Waals surface area contributed by atoms with E-state index in [0.717, 1.165) is 33.9 Å². The van der Waals surface area contributed by atoms with Crippen molar-refractivity contribution in [2.24, 2.45) is 0 Å². The highest BCUT2D eigenvalue weighted by atomic mass is 35.5. The van der Waals surface area contributed by atoms with E-state index in [9.17, 15) is 14.7 Å². The zero-order chi connectivity index (χ0) is 20.5. The highest BCUT2D eigenvalue weighted by Crippen LogP contribution is 2.43. The monoisotopic (exact) mass is 426 g/mol. The molecule has 0 unspecified atom stereocenters. The summed E-state index contributed by atoms with van der Waals surface area (Å²) in [4.78, 5) is 22.9. The number of carbonyl (C=O) groups excluding carboxylic acids is 1. The molecule has 146 valence electrons. The van der Waals surface area contributed by atoms with Gasteiger partial charge in [0.15, 0.2) is 0 Å². The fourth-order valence-corrected chi connectivity index (χ4v) is 3.97. The van der Waals surface area contributed by atoms with Crippen LogP contribution >= 0.6 is 23.2 Å². The molecule has 1 aliphatic carbocycles. The maximum atomic E-state index is 12.1. The fraction of sp³-hybridized carbons (Fsp3) is 0.130. The minimum atomic E-state index is -0.334. The summed E-state index contributed by atoms with van der Waals surface area (Å²) in [6, 6.07) is 14.0. The van der Waals surface area contributed by atoms with Gasteiger partial charge < -0.3 is 14.3 Å². The predicted molar refractivity (Wildman–Crippen MR) is 115 cm³/mol. The van der Waals surface area contributed by atoms with E-state index in [2.05, 4.69) is 0 Å². The normalized spacial score (nSPS) is 11.3. The first-order chi connectivity index (χ1) is 14.0. The summed E-state index contributed by atoms with van der Waals surface area (Å²) in [5, 5.41) is 11.2. The third-order valence-electron chi connectivity index (χ3n) is 4.93. The smallest absolute Gasteiger partial charge is 0.200 e. The fourth-order valence-electron chi connectivity index (χ4n) is 3.55. The molecule has 1 N–H and O–H groups in total. The Hall–Kier alpha value is -2.66. The van der Waals surface area contributed by atoms with Crippen molar-refractivity contribution in [3.63, 3.8) is 0 Å². The Labute approximate surface area is 176 Å². The lowest BCUT2D eigenvalue weighted by molar-refractivity contribution is -0.107. The van der Waals surface area contributed by atoms with Crippen LogP contribution in [0, 0.1) is 0 Å². The van der Waals surface area contributed by atoms with Gasteiger partial charge in [0, 0.05) is 34.0 Å². The molecular formula is C23H16Cl2O4. The van der Waals surface area contributed by atoms with Gasteiger partial charge >= 0.3 is 0 Å². The molecule has 0 saturated heterocycles. The molecule has 4 rings (SSSR count). The van der Waals surface area contributed by atoms with Crippen LogP contribution in [0.3, 0.4) is 0 Å². The second kappa shape index (κ2) is 7.99. The van der Waals surface area contributed by atoms with E-state index in [4.69, 9.17) is 27.6 Å². The number of benzene rings is 3. The molecule has 1 aliphatic heterocycles. The van der Waals surface area contributed by atoms with Crippen molar-refractivity contribution in [2.45, 2.75) is 19.4 Å². The number of carbonyl (C=O) groups is 1. The summed E-state index contributed by atoms with van der Waals surface area (Å²) in [5.74, 6) is 0.387. The molecule has 1 heterocycles. The summed E-state index contributed by atoms with van der Waals surface area (Å²) in [7, 11) is 0. The quantitative estimate of drug-likeness (QED) is 0.338. The molecule has 6 heteroatoms. The Bertz CT molecular complexity index is 1260. The van der Waals surface area contributed by atoms with E-state index in [-0.39, 0.29) is 17.1 Å². The van der Waals surface area contributed by atoms with E-state index in [0.29, 0.717) is 34.8 Å². The maximum Gasteiger partial charge on any atom is 0.200 e. The third-order valence-corrected chi connectivity index (χ3v) is 5.58. The highest BCUT2D eigenvalue weighted by molar-refractivity contribution is 6.32. The van der Waals surface area contributed by atoms with Crippen molar-refractivity contribution in [1.29, 1.82) is 0 Å². The first-order valence-electron chi connectivity index (χ1n) is 9.04. The lowest BCUT2D eigenvalue weighted by Crippen LogP contribution is -2.03. The van der Waals surface area contributed by atoms with Crippen LogP contribution in [-0.2, 0) is 17.8 Å². The largest absolute Gasteiger partial charge is 0.456 e. The molecule has 2 aromatic carbocycles. The van der Waals surface area contributed by atoms with Crippen LogP contribution in [0.5, 0.6) is 0 Å². The predicted octanol–water partition coefficient (Wildman–Crippen LogP) is 5.50. The van der Waals surface area contributed by atoms with Gasteiger partial charge in [-0.25, -0.2) is 0 Å². The zero-order valence-electron chi connectivity index (χ0n) is 15.2. The molecule has 0 saturated carbocycles. The van der Waals surface area contributed by atoms with Crippen molar-refractivity contribution >= 4 is 40.5 Å². The topological polar surface area (TPSA) is 67.5 Å². The standard InChI is InChI=1S/C23H16Cl2O4/c24-18-9-16-21(8-13(18)5-3-7-26)29-22-11-20(28)19(25)10-17(22)23(16)15-6-2-1-4-14(15)12-27/h1-2,4,6-11,27H,3,5,12H2. The van der Waals surface area contributed by atoms with Crippen LogP contribution in [0.25, 0.3) is 33.4 Å². The van der Waals surface area contributed by atoms with Gasteiger partial charge in [-0.15, -0.1) is 0 Å². The summed E-state index contributed by atoms with van der Waals surface area (Å²) >= 11 is 12.6. The van der Waals surface area contributed by atoms with Gasteiger partial charge in [-0.05, 0) is 41.3 Å². The van der Waals surface area contributed by atoms with Gasteiger partial charge in [0.1, 0.15) is 17.6 Å². The number of fused-ring (bicyclic) bond motifs is 2. The molecule has 0 amide bonds. The third kappa shape index (κ3) is 3.55. The highest BCUT2D eigenvalue weighted by Gasteiger charge is 2.21. The number of aliphatic hydroxyl groups is 1. The molecule has 2 aromatic rings. The minimum absolute atomic E-state index is 0.0866. The number of aliphatic hydroxyl groups excluding tert-OH is 1.